The first-order chi connectivity index (χ1) is 27.8. The van der Waals surface area contributed by atoms with E-state index in [0.717, 1.165) is 60.9 Å². The molecule has 0 amide bonds. The van der Waals surface area contributed by atoms with Crippen molar-refractivity contribution in [3.05, 3.63) is 212 Å². The van der Waals surface area contributed by atoms with E-state index in [1.165, 1.54) is 43.8 Å². The summed E-state index contributed by atoms with van der Waals surface area (Å²) in [5, 5.41) is 9.51. The molecule has 0 saturated carbocycles. The van der Waals surface area contributed by atoms with E-state index in [1.807, 2.05) is 6.07 Å². The van der Waals surface area contributed by atoms with Crippen LogP contribution in [0.4, 0.5) is 17.1 Å². The van der Waals surface area contributed by atoms with Crippen molar-refractivity contribution in [1.82, 2.24) is 0 Å². The maximum Gasteiger partial charge on any atom is 0.143 e. The Morgan fingerprint density at radius 3 is 1.43 bits per heavy atom. The third kappa shape index (κ3) is 5.26. The molecular weight excluding hydrogens is 679 g/mol. The van der Waals surface area contributed by atoms with E-state index in [2.05, 4.69) is 211 Å². The first kappa shape index (κ1) is 32.0. The summed E-state index contributed by atoms with van der Waals surface area (Å²) in [5.74, 6) is 0. The van der Waals surface area contributed by atoms with Gasteiger partial charge in [-0.3, -0.25) is 0 Å². The lowest BCUT2D eigenvalue weighted by molar-refractivity contribution is 0.673. The summed E-state index contributed by atoms with van der Waals surface area (Å²) in [7, 11) is 0. The molecule has 0 atom stereocenters. The Hall–Kier alpha value is -7.42. The van der Waals surface area contributed by atoms with E-state index in [4.69, 9.17) is 4.42 Å². The molecule has 0 aliphatic rings. The van der Waals surface area contributed by atoms with Gasteiger partial charge in [0, 0.05) is 33.1 Å². The van der Waals surface area contributed by atoms with Crippen molar-refractivity contribution in [2.75, 3.05) is 4.90 Å². The second-order valence-corrected chi connectivity index (χ2v) is 14.4. The summed E-state index contributed by atoms with van der Waals surface area (Å²) in [4.78, 5) is 2.40. The maximum absolute atomic E-state index is 6.66. The van der Waals surface area contributed by atoms with Crippen molar-refractivity contribution in [2.45, 2.75) is 0 Å². The van der Waals surface area contributed by atoms with Crippen LogP contribution in [0.15, 0.2) is 217 Å². The average Bonchev–Trinajstić information content (AvgIpc) is 3.66. The van der Waals surface area contributed by atoms with Crippen LogP contribution in [-0.4, -0.2) is 0 Å². The normalized spacial score (nSPS) is 11.6. The van der Waals surface area contributed by atoms with Crippen LogP contribution in [0.5, 0.6) is 0 Å². The summed E-state index contributed by atoms with van der Waals surface area (Å²) >= 11 is 0. The lowest BCUT2D eigenvalue weighted by Gasteiger charge is -2.28. The zero-order chi connectivity index (χ0) is 37.0. The number of hydrogen-bond acceptors (Lipinski definition) is 2. The van der Waals surface area contributed by atoms with Crippen LogP contribution in [0.3, 0.4) is 0 Å². The lowest BCUT2D eigenvalue weighted by atomic mass is 9.94. The van der Waals surface area contributed by atoms with Gasteiger partial charge in [0.2, 0.25) is 0 Å². The number of fused-ring (bicyclic) bond motifs is 7. The minimum atomic E-state index is 0.900. The highest BCUT2D eigenvalue weighted by molar-refractivity contribution is 6.19. The molecule has 1 aromatic heterocycles. The smallest absolute Gasteiger partial charge is 0.143 e. The number of anilines is 3. The quantitative estimate of drug-likeness (QED) is 0.171. The third-order valence-electron chi connectivity index (χ3n) is 11.3. The van der Waals surface area contributed by atoms with Crippen LogP contribution < -0.4 is 4.90 Å². The Morgan fingerprint density at radius 1 is 0.304 bits per heavy atom. The van der Waals surface area contributed by atoms with E-state index in [1.54, 1.807) is 0 Å². The fourth-order valence-electron chi connectivity index (χ4n) is 8.63. The molecule has 0 bridgehead atoms. The topological polar surface area (TPSA) is 16.4 Å². The van der Waals surface area contributed by atoms with Crippen molar-refractivity contribution < 1.29 is 4.42 Å². The molecule has 0 saturated heterocycles. The molecule has 2 nitrogen and oxygen atoms in total. The summed E-state index contributed by atoms with van der Waals surface area (Å²) < 4.78 is 6.66. The Morgan fingerprint density at radius 2 is 0.786 bits per heavy atom. The van der Waals surface area contributed by atoms with Crippen LogP contribution in [0, 0.1) is 0 Å². The predicted octanol–water partition coefficient (Wildman–Crippen LogP) is 15.5. The highest BCUT2D eigenvalue weighted by atomic mass is 16.3. The molecule has 0 spiro atoms. The van der Waals surface area contributed by atoms with Gasteiger partial charge in [0.25, 0.3) is 0 Å². The SMILES string of the molecule is c1ccc(N(c2ccc(-c3cccc4ccccc34)cc2)c2ccc(-c3cccc4ccccc34)cc2)c(-c2cccc3ccc4c5ccccc5oc4c23)c1. The second-order valence-electron chi connectivity index (χ2n) is 14.4. The van der Waals surface area contributed by atoms with Gasteiger partial charge >= 0.3 is 0 Å². The van der Waals surface area contributed by atoms with Crippen molar-refractivity contribution in [3.63, 3.8) is 0 Å². The van der Waals surface area contributed by atoms with Gasteiger partial charge in [0.1, 0.15) is 11.2 Å². The Bertz CT molecular complexity index is 3110. The number of benzene rings is 10. The van der Waals surface area contributed by atoms with Gasteiger partial charge in [0.15, 0.2) is 0 Å². The largest absolute Gasteiger partial charge is 0.455 e. The van der Waals surface area contributed by atoms with Crippen LogP contribution in [-0.2, 0) is 0 Å². The molecular formula is C54H35NO. The molecule has 262 valence electrons. The summed E-state index contributed by atoms with van der Waals surface area (Å²) in [6.07, 6.45) is 0. The zero-order valence-electron chi connectivity index (χ0n) is 30.6. The number of para-hydroxylation sites is 2. The van der Waals surface area contributed by atoms with Gasteiger partial charge in [-0.05, 0) is 97.2 Å². The van der Waals surface area contributed by atoms with Crippen molar-refractivity contribution in [1.29, 1.82) is 0 Å². The van der Waals surface area contributed by atoms with Gasteiger partial charge in [-0.1, -0.05) is 170 Å². The molecule has 10 aromatic carbocycles. The molecule has 0 unspecified atom stereocenters. The maximum atomic E-state index is 6.66. The summed E-state index contributed by atoms with van der Waals surface area (Å²) in [5.41, 5.74) is 12.1. The Labute approximate surface area is 325 Å². The van der Waals surface area contributed by atoms with Crippen molar-refractivity contribution in [2.24, 2.45) is 0 Å². The summed E-state index contributed by atoms with van der Waals surface area (Å²) in [6.45, 7) is 0. The fraction of sp³-hybridized carbons (Fsp3) is 0. The van der Waals surface area contributed by atoms with E-state index < -0.39 is 0 Å². The molecule has 56 heavy (non-hydrogen) atoms. The number of rotatable bonds is 6. The standard InChI is InChI=1S/C54H35NO/c1-3-17-43-36(12-1)14-9-21-45(43)38-26-31-41(32-27-38)55(42-33-28-39(29-34-42)46-22-10-15-37-13-2-4-18-44(37)46)51-24-7-5-19-47(51)49-23-11-16-40-30-35-50-48-20-6-8-25-52(48)56-54(50)53(40)49/h1-35H. The predicted molar refractivity (Wildman–Crippen MR) is 237 cm³/mol. The number of furan rings is 1. The fourth-order valence-corrected chi connectivity index (χ4v) is 8.63. The first-order valence-electron chi connectivity index (χ1n) is 19.2. The number of hydrogen-bond donors (Lipinski definition) is 0. The van der Waals surface area contributed by atoms with Crippen molar-refractivity contribution in [3.8, 4) is 33.4 Å². The van der Waals surface area contributed by atoms with Gasteiger partial charge in [-0.25, -0.2) is 0 Å². The lowest BCUT2D eigenvalue weighted by Crippen LogP contribution is -2.11. The molecule has 11 rings (SSSR count). The molecule has 0 N–H and O–H groups in total. The van der Waals surface area contributed by atoms with Gasteiger partial charge in [-0.15, -0.1) is 0 Å². The Balaban J connectivity index is 1.10. The first-order valence-corrected chi connectivity index (χ1v) is 19.2. The van der Waals surface area contributed by atoms with Gasteiger partial charge < -0.3 is 9.32 Å². The van der Waals surface area contributed by atoms with E-state index in [0.29, 0.717) is 0 Å². The van der Waals surface area contributed by atoms with E-state index >= 15 is 0 Å². The zero-order valence-corrected chi connectivity index (χ0v) is 30.6. The second kappa shape index (κ2) is 13.2. The molecule has 0 radical (unpaired) electrons. The summed E-state index contributed by atoms with van der Waals surface area (Å²) in [6, 6.07) is 76.5. The average molecular weight is 714 g/mol. The van der Waals surface area contributed by atoms with Crippen LogP contribution in [0.2, 0.25) is 0 Å². The minimum Gasteiger partial charge on any atom is -0.455 e. The molecule has 0 aliphatic heterocycles. The molecule has 11 aromatic rings. The molecule has 0 aliphatic carbocycles. The minimum absolute atomic E-state index is 0.900. The van der Waals surface area contributed by atoms with Crippen LogP contribution in [0.25, 0.3) is 87.6 Å². The Kier molecular flexibility index (Phi) is 7.53. The molecule has 2 heteroatoms. The van der Waals surface area contributed by atoms with Crippen molar-refractivity contribution >= 4 is 71.3 Å². The molecule has 0 fully saturated rings. The highest BCUT2D eigenvalue weighted by Crippen LogP contribution is 2.46. The van der Waals surface area contributed by atoms with E-state index in [9.17, 15) is 0 Å². The van der Waals surface area contributed by atoms with E-state index in [-0.39, 0.29) is 0 Å². The molecule has 1 heterocycles. The highest BCUT2D eigenvalue weighted by Gasteiger charge is 2.21. The van der Waals surface area contributed by atoms with Crippen LogP contribution in [0.1, 0.15) is 0 Å². The third-order valence-corrected chi connectivity index (χ3v) is 11.3. The van der Waals surface area contributed by atoms with Gasteiger partial charge in [-0.2, -0.15) is 0 Å². The van der Waals surface area contributed by atoms with Gasteiger partial charge in [0.05, 0.1) is 5.69 Å². The monoisotopic (exact) mass is 713 g/mol. The van der Waals surface area contributed by atoms with Crippen LogP contribution >= 0.6 is 0 Å². The number of nitrogens with zero attached hydrogens (tertiary/aromatic N) is 1.